The SMILES string of the molecule is Cc1c(NCC(C)(C)C)cccc1C(=O)N[C@@H](C)CO. The average molecular weight is 278 g/mol. The Morgan fingerprint density at radius 2 is 2.00 bits per heavy atom. The Kier molecular flexibility index (Phi) is 5.57. The standard InChI is InChI=1S/C16H26N2O2/c1-11(9-19)18-15(20)13-7-6-8-14(12(13)2)17-10-16(3,4)5/h6-8,11,17,19H,9-10H2,1-5H3,(H,18,20)/t11-/m0/s1. The summed E-state index contributed by atoms with van der Waals surface area (Å²) in [5.41, 5.74) is 2.73. The molecular weight excluding hydrogens is 252 g/mol. The molecule has 0 bridgehead atoms. The third-order valence-electron chi connectivity index (χ3n) is 3.04. The van der Waals surface area contributed by atoms with Crippen LogP contribution in [0.2, 0.25) is 0 Å². The van der Waals surface area contributed by atoms with Gasteiger partial charge in [-0.1, -0.05) is 26.8 Å². The summed E-state index contributed by atoms with van der Waals surface area (Å²) >= 11 is 0. The van der Waals surface area contributed by atoms with E-state index in [1.54, 1.807) is 13.0 Å². The second-order valence-electron chi connectivity index (χ2n) is 6.45. The normalized spacial score (nSPS) is 12.9. The van der Waals surface area contributed by atoms with E-state index in [1.807, 2.05) is 19.1 Å². The maximum Gasteiger partial charge on any atom is 0.251 e. The first-order valence-electron chi connectivity index (χ1n) is 7.00. The minimum Gasteiger partial charge on any atom is -0.394 e. The molecule has 0 radical (unpaired) electrons. The summed E-state index contributed by atoms with van der Waals surface area (Å²) in [4.78, 5) is 12.1. The quantitative estimate of drug-likeness (QED) is 0.775. The first kappa shape index (κ1) is 16.5. The average Bonchev–Trinajstić information content (AvgIpc) is 2.36. The molecular formula is C16H26N2O2. The lowest BCUT2D eigenvalue weighted by molar-refractivity contribution is 0.0921. The molecule has 0 heterocycles. The van der Waals surface area contributed by atoms with Crippen molar-refractivity contribution in [1.82, 2.24) is 5.32 Å². The number of aliphatic hydroxyl groups excluding tert-OH is 1. The van der Waals surface area contributed by atoms with Gasteiger partial charge in [-0.2, -0.15) is 0 Å². The van der Waals surface area contributed by atoms with Crippen molar-refractivity contribution >= 4 is 11.6 Å². The number of carbonyl (C=O) groups excluding carboxylic acids is 1. The molecule has 1 rings (SSSR count). The van der Waals surface area contributed by atoms with Gasteiger partial charge in [-0.3, -0.25) is 4.79 Å². The van der Waals surface area contributed by atoms with Gasteiger partial charge in [-0.15, -0.1) is 0 Å². The van der Waals surface area contributed by atoms with Crippen LogP contribution in [0.25, 0.3) is 0 Å². The van der Waals surface area contributed by atoms with Crippen LogP contribution in [0.15, 0.2) is 18.2 Å². The molecule has 0 aliphatic rings. The zero-order valence-electron chi connectivity index (χ0n) is 13.1. The van der Waals surface area contributed by atoms with Gasteiger partial charge in [-0.05, 0) is 37.0 Å². The maximum absolute atomic E-state index is 12.1. The zero-order chi connectivity index (χ0) is 15.3. The van der Waals surface area contributed by atoms with Gasteiger partial charge < -0.3 is 15.7 Å². The maximum atomic E-state index is 12.1. The molecule has 1 aromatic carbocycles. The summed E-state index contributed by atoms with van der Waals surface area (Å²) in [6.45, 7) is 11.0. The van der Waals surface area contributed by atoms with Gasteiger partial charge in [-0.25, -0.2) is 0 Å². The Morgan fingerprint density at radius 3 is 2.55 bits per heavy atom. The van der Waals surface area contributed by atoms with Crippen LogP contribution in [-0.4, -0.2) is 30.2 Å². The van der Waals surface area contributed by atoms with Crippen molar-refractivity contribution in [2.45, 2.75) is 40.7 Å². The molecule has 0 saturated heterocycles. The molecule has 0 unspecified atom stereocenters. The number of carbonyl (C=O) groups is 1. The molecule has 1 atom stereocenters. The van der Waals surface area contributed by atoms with E-state index in [9.17, 15) is 4.79 Å². The van der Waals surface area contributed by atoms with Crippen LogP contribution in [0.3, 0.4) is 0 Å². The molecule has 0 aliphatic carbocycles. The third kappa shape index (κ3) is 4.85. The van der Waals surface area contributed by atoms with E-state index in [0.29, 0.717) is 5.56 Å². The van der Waals surface area contributed by atoms with E-state index in [-0.39, 0.29) is 24.0 Å². The number of anilines is 1. The molecule has 1 aromatic rings. The molecule has 20 heavy (non-hydrogen) atoms. The van der Waals surface area contributed by atoms with Crippen LogP contribution in [0.1, 0.15) is 43.6 Å². The van der Waals surface area contributed by atoms with Crippen molar-refractivity contribution in [1.29, 1.82) is 0 Å². The summed E-state index contributed by atoms with van der Waals surface area (Å²) in [7, 11) is 0. The number of hydrogen-bond acceptors (Lipinski definition) is 3. The fraction of sp³-hybridized carbons (Fsp3) is 0.562. The van der Waals surface area contributed by atoms with E-state index in [4.69, 9.17) is 5.11 Å². The van der Waals surface area contributed by atoms with Crippen molar-refractivity contribution in [3.8, 4) is 0 Å². The summed E-state index contributed by atoms with van der Waals surface area (Å²) in [6, 6.07) is 5.41. The molecule has 1 amide bonds. The summed E-state index contributed by atoms with van der Waals surface area (Å²) < 4.78 is 0. The molecule has 4 nitrogen and oxygen atoms in total. The number of benzene rings is 1. The van der Waals surface area contributed by atoms with Crippen LogP contribution in [0.4, 0.5) is 5.69 Å². The molecule has 0 fully saturated rings. The van der Waals surface area contributed by atoms with Gasteiger partial charge in [0.05, 0.1) is 6.61 Å². The minimum atomic E-state index is -0.243. The molecule has 112 valence electrons. The van der Waals surface area contributed by atoms with E-state index >= 15 is 0 Å². The van der Waals surface area contributed by atoms with Crippen molar-refractivity contribution in [2.75, 3.05) is 18.5 Å². The summed E-state index contributed by atoms with van der Waals surface area (Å²) in [5, 5.41) is 15.2. The number of rotatable bonds is 5. The highest BCUT2D eigenvalue weighted by Crippen LogP contribution is 2.21. The van der Waals surface area contributed by atoms with E-state index in [0.717, 1.165) is 17.8 Å². The summed E-state index contributed by atoms with van der Waals surface area (Å²) in [6.07, 6.45) is 0. The van der Waals surface area contributed by atoms with Crippen molar-refractivity contribution in [3.63, 3.8) is 0 Å². The van der Waals surface area contributed by atoms with Gasteiger partial charge in [0.1, 0.15) is 0 Å². The first-order chi connectivity index (χ1) is 9.24. The second-order valence-corrected chi connectivity index (χ2v) is 6.45. The lowest BCUT2D eigenvalue weighted by Crippen LogP contribution is -2.35. The Morgan fingerprint density at radius 1 is 1.35 bits per heavy atom. The first-order valence-corrected chi connectivity index (χ1v) is 7.00. The van der Waals surface area contributed by atoms with Crippen LogP contribution in [0.5, 0.6) is 0 Å². The second kappa shape index (κ2) is 6.75. The van der Waals surface area contributed by atoms with Crippen LogP contribution < -0.4 is 10.6 Å². The Balaban J connectivity index is 2.87. The largest absolute Gasteiger partial charge is 0.394 e. The van der Waals surface area contributed by atoms with E-state index < -0.39 is 0 Å². The minimum absolute atomic E-state index is 0.0627. The summed E-state index contributed by atoms with van der Waals surface area (Å²) in [5.74, 6) is -0.150. The smallest absolute Gasteiger partial charge is 0.251 e. The predicted molar refractivity (Wildman–Crippen MR) is 83.1 cm³/mol. The van der Waals surface area contributed by atoms with Gasteiger partial charge in [0.15, 0.2) is 0 Å². The molecule has 0 aliphatic heterocycles. The predicted octanol–water partition coefficient (Wildman–Crippen LogP) is 2.56. The van der Waals surface area contributed by atoms with Crippen LogP contribution in [-0.2, 0) is 0 Å². The number of amides is 1. The van der Waals surface area contributed by atoms with Gasteiger partial charge in [0.25, 0.3) is 5.91 Å². The highest BCUT2D eigenvalue weighted by molar-refractivity contribution is 5.97. The Bertz CT molecular complexity index is 464. The van der Waals surface area contributed by atoms with Gasteiger partial charge in [0.2, 0.25) is 0 Å². The van der Waals surface area contributed by atoms with Crippen LogP contribution >= 0.6 is 0 Å². The van der Waals surface area contributed by atoms with Gasteiger partial charge >= 0.3 is 0 Å². The topological polar surface area (TPSA) is 61.4 Å². The molecule has 0 saturated carbocycles. The molecule has 0 aromatic heterocycles. The number of hydrogen-bond donors (Lipinski definition) is 3. The Hall–Kier alpha value is -1.55. The van der Waals surface area contributed by atoms with E-state index in [2.05, 4.69) is 31.4 Å². The highest BCUT2D eigenvalue weighted by atomic mass is 16.3. The fourth-order valence-electron chi connectivity index (χ4n) is 1.78. The van der Waals surface area contributed by atoms with Crippen LogP contribution in [0, 0.1) is 12.3 Å². The zero-order valence-corrected chi connectivity index (χ0v) is 13.1. The number of aliphatic hydroxyl groups is 1. The monoisotopic (exact) mass is 278 g/mol. The van der Waals surface area contributed by atoms with E-state index in [1.165, 1.54) is 0 Å². The highest BCUT2D eigenvalue weighted by Gasteiger charge is 2.15. The third-order valence-corrected chi connectivity index (χ3v) is 3.04. The number of nitrogens with one attached hydrogen (secondary N) is 2. The van der Waals surface area contributed by atoms with Crippen molar-refractivity contribution in [2.24, 2.45) is 5.41 Å². The molecule has 4 heteroatoms. The van der Waals surface area contributed by atoms with Gasteiger partial charge in [0, 0.05) is 23.8 Å². The lowest BCUT2D eigenvalue weighted by Gasteiger charge is -2.21. The molecule has 3 N–H and O–H groups in total. The van der Waals surface area contributed by atoms with Crippen molar-refractivity contribution in [3.05, 3.63) is 29.3 Å². The Labute approximate surface area is 121 Å². The fourth-order valence-corrected chi connectivity index (χ4v) is 1.78. The van der Waals surface area contributed by atoms with Crippen molar-refractivity contribution < 1.29 is 9.90 Å². The molecule has 0 spiro atoms. The lowest BCUT2D eigenvalue weighted by atomic mass is 9.96.